The average Bonchev–Trinajstić information content (AvgIpc) is 0.786. The number of alkyl halides is 1. The number of rotatable bonds is 18. The molecule has 8 aliphatic rings. The first kappa shape index (κ1) is 97.8. The molecule has 678 valence electrons. The standard InChI is InChI=1S/C27H29N3O.C22H23BrN2O2.C17H19NO3S.C14H19N3O.C11H14N2O.C7H5BrO2.C3H4Cl2O2/c31-27(24-14-8-3-9-15-24)29-18-16-28(17-19-29)25-20-30(21-25)26(22-10-4-1-5-11-22)23-12-6-2-7-13-23;23-20-8-6-18(7-9-20)22(27)25-14-19(15-25)16-10-12-24(13-11-16)21(26)17-4-2-1-3-5-17;1-22(19,20)21-16-12-18(13-16)17(14-8-4-2-5-9-14)15-10-6-3-7-11-15;18-14(12-4-2-1-3-5-12)17-8-6-16(7-9-17)13-10-15-11-13;14-11(10-4-2-1-3-5-10)13-8-6-12-7-9-13;8-6-3-1-5(2-4-6)7(9)10;1-2(4)7-3(5)6/h1-15,25-26H,16-21H2;1-9,16,19H,10-15H2;2-11,16-17H,12-13H2,1H3;1-5,13,15H,6-11H2;1-5,12H,6-9H2;1-4H,(H,9,10);2H,1H3. The van der Waals surface area contributed by atoms with Crippen molar-refractivity contribution in [2.24, 2.45) is 11.8 Å². The first-order chi connectivity index (χ1) is 62.5. The lowest BCUT2D eigenvalue weighted by Crippen LogP contribution is -2.63. The third-order valence-corrected chi connectivity index (χ3v) is 25.7. The van der Waals surface area contributed by atoms with Gasteiger partial charge >= 0.3 is 11.4 Å². The van der Waals surface area contributed by atoms with E-state index in [0.717, 1.165) is 187 Å². The lowest BCUT2D eigenvalue weighted by atomic mass is 9.79. The molecule has 0 saturated carbocycles. The number of carbonyl (C=O) groups is 7. The van der Waals surface area contributed by atoms with Gasteiger partial charge in [-0.25, -0.2) is 9.59 Å². The second kappa shape index (κ2) is 49.6. The number of ether oxygens (including phenoxy) is 1. The van der Waals surface area contributed by atoms with Crippen LogP contribution in [0.1, 0.15) is 116 Å². The highest BCUT2D eigenvalue weighted by Crippen LogP contribution is 2.37. The fraction of sp³-hybridized carbons (Fsp3) is 0.337. The SMILES string of the molecule is CC(Cl)OC(=O)Cl.CS(=O)(=O)OC1CN(C(c2ccccc2)c2ccccc2)C1.O=C(O)c1ccc(Br)cc1.O=C(c1ccccc1)N1CCC(C2CN(C(=O)c3ccc(Br)cc3)C2)CC1.O=C(c1ccccc1)N1CCN(C2CN(C(c3ccccc3)c3ccccc3)C2)CC1.O=C(c1ccccc1)N1CCN(C2CNC2)CC1.O=C(c1ccccc1)N1CCNCC1. The van der Waals surface area contributed by atoms with Gasteiger partial charge in [0.25, 0.3) is 39.7 Å². The minimum atomic E-state index is -3.39. The minimum absolute atomic E-state index is 0.121. The van der Waals surface area contributed by atoms with E-state index in [1.807, 2.05) is 206 Å². The van der Waals surface area contributed by atoms with Crippen LogP contribution in [-0.4, -0.2) is 273 Å². The largest absolute Gasteiger partial charge is 0.478 e. The Kier molecular flexibility index (Phi) is 37.6. The molecule has 0 aliphatic carbocycles. The highest BCUT2D eigenvalue weighted by atomic mass is 79.9. The van der Waals surface area contributed by atoms with E-state index < -0.39 is 27.1 Å². The smallest absolute Gasteiger partial charge is 0.405 e. The molecule has 8 heterocycles. The van der Waals surface area contributed by atoms with E-state index in [9.17, 15) is 42.0 Å². The van der Waals surface area contributed by atoms with E-state index in [1.165, 1.54) is 29.2 Å². The zero-order chi connectivity index (χ0) is 91.0. The Hall–Kier alpha value is -10.3. The number of carboxylic acids is 1. The van der Waals surface area contributed by atoms with E-state index in [0.29, 0.717) is 48.6 Å². The van der Waals surface area contributed by atoms with Crippen LogP contribution in [-0.2, 0) is 19.0 Å². The molecule has 0 aromatic heterocycles. The Morgan fingerprint density at radius 3 is 0.984 bits per heavy atom. The number of aromatic carboxylic acids is 1. The molecule has 10 aromatic rings. The lowest BCUT2D eigenvalue weighted by Gasteiger charge is -2.51. The zero-order valence-corrected chi connectivity index (χ0v) is 78.2. The van der Waals surface area contributed by atoms with Crippen LogP contribution in [0.15, 0.2) is 300 Å². The number of nitrogens with one attached hydrogen (secondary N) is 2. The van der Waals surface area contributed by atoms with Crippen molar-refractivity contribution in [3.05, 3.63) is 356 Å². The summed E-state index contributed by atoms with van der Waals surface area (Å²) >= 11 is 16.5. The van der Waals surface area contributed by atoms with Crippen molar-refractivity contribution in [2.45, 2.75) is 55.6 Å². The molecule has 0 bridgehead atoms. The van der Waals surface area contributed by atoms with Gasteiger partial charge in [-0.05, 0) is 151 Å². The maximum atomic E-state index is 12.7. The third kappa shape index (κ3) is 29.6. The van der Waals surface area contributed by atoms with Crippen molar-refractivity contribution in [3.63, 3.8) is 0 Å². The fourth-order valence-electron chi connectivity index (χ4n) is 16.8. The topological polar surface area (TPSA) is 246 Å². The number of halogens is 4. The predicted molar refractivity (Wildman–Crippen MR) is 513 cm³/mol. The Morgan fingerprint density at radius 1 is 0.372 bits per heavy atom. The number of hydrogen-bond donors (Lipinski definition) is 3. The number of hydrogen-bond acceptors (Lipinski definition) is 17. The average molecular weight is 1940 g/mol. The molecule has 8 saturated heterocycles. The molecule has 8 fully saturated rings. The monoisotopic (exact) mass is 1930 g/mol. The molecule has 1 unspecified atom stereocenters. The van der Waals surface area contributed by atoms with Gasteiger partial charge in [-0.15, -0.1) is 0 Å². The van der Waals surface area contributed by atoms with Gasteiger partial charge in [0.1, 0.15) is 6.10 Å². The number of carbonyl (C=O) groups excluding carboxylic acids is 6. The number of piperidine rings is 1. The molecule has 1 atom stereocenters. The zero-order valence-electron chi connectivity index (χ0n) is 72.7. The van der Waals surface area contributed by atoms with Crippen LogP contribution in [0.4, 0.5) is 4.79 Å². The van der Waals surface area contributed by atoms with E-state index >= 15 is 0 Å². The Bertz CT molecular complexity index is 5180. The Balaban J connectivity index is 0.000000142. The van der Waals surface area contributed by atoms with E-state index in [4.69, 9.17) is 32.5 Å². The maximum Gasteiger partial charge on any atom is 0.405 e. The Morgan fingerprint density at radius 2 is 0.674 bits per heavy atom. The molecule has 18 rings (SSSR count). The fourth-order valence-corrected chi connectivity index (χ4v) is 18.2. The van der Waals surface area contributed by atoms with Gasteiger partial charge < -0.3 is 45.0 Å². The second-order valence-electron chi connectivity index (χ2n) is 32.7. The quantitative estimate of drug-likeness (QED) is 0.0410. The number of likely N-dealkylation sites (tertiary alicyclic amines) is 4. The molecule has 5 amide bonds. The molecular weight excluding hydrogens is 1820 g/mol. The summed E-state index contributed by atoms with van der Waals surface area (Å²) in [7, 11) is -3.39. The molecule has 0 radical (unpaired) electrons. The number of amides is 5. The minimum Gasteiger partial charge on any atom is -0.478 e. The number of piperazine rings is 3. The Labute approximate surface area is 784 Å². The third-order valence-electron chi connectivity index (χ3n) is 23.9. The first-order valence-electron chi connectivity index (χ1n) is 43.9. The van der Waals surface area contributed by atoms with Gasteiger partial charge in [-0.1, -0.05) is 238 Å². The van der Waals surface area contributed by atoms with Crippen LogP contribution in [0, 0.1) is 11.8 Å². The molecule has 3 N–H and O–H groups in total. The van der Waals surface area contributed by atoms with Crippen LogP contribution in [0.3, 0.4) is 0 Å². The normalized spacial score (nSPS) is 17.3. The van der Waals surface area contributed by atoms with Gasteiger partial charge in [-0.2, -0.15) is 8.42 Å². The van der Waals surface area contributed by atoms with Crippen LogP contribution in [0.5, 0.6) is 0 Å². The molecule has 8 aliphatic heterocycles. The highest BCUT2D eigenvalue weighted by Gasteiger charge is 2.42. The summed E-state index contributed by atoms with van der Waals surface area (Å²) < 4.78 is 33.5. The van der Waals surface area contributed by atoms with Crippen molar-refractivity contribution in [1.29, 1.82) is 0 Å². The van der Waals surface area contributed by atoms with Crippen molar-refractivity contribution in [3.8, 4) is 0 Å². The van der Waals surface area contributed by atoms with Gasteiger partial charge in [0.2, 0.25) is 0 Å². The van der Waals surface area contributed by atoms with Crippen LogP contribution < -0.4 is 10.6 Å². The second-order valence-corrected chi connectivity index (χ2v) is 37.1. The van der Waals surface area contributed by atoms with Gasteiger partial charge in [0.15, 0.2) is 5.56 Å². The summed E-state index contributed by atoms with van der Waals surface area (Å²) in [5.41, 5.74) is 7.81. The van der Waals surface area contributed by atoms with Gasteiger partial charge in [0.05, 0.1) is 23.9 Å². The molecule has 129 heavy (non-hydrogen) atoms. The first-order valence-corrected chi connectivity index (χ1v) is 48.1. The summed E-state index contributed by atoms with van der Waals surface area (Å²) in [6.07, 6.45) is 2.92. The maximum absolute atomic E-state index is 12.7. The van der Waals surface area contributed by atoms with Crippen molar-refractivity contribution < 1.29 is 56.0 Å². The molecule has 23 nitrogen and oxygen atoms in total. The van der Waals surface area contributed by atoms with Crippen molar-refractivity contribution in [1.82, 2.24) is 54.7 Å². The summed E-state index contributed by atoms with van der Waals surface area (Å²) in [5.74, 6) is 1.01. The van der Waals surface area contributed by atoms with E-state index in [-0.39, 0.29) is 41.7 Å². The number of carboxylic acid groups (broad SMARTS) is 1. The van der Waals surface area contributed by atoms with Crippen LogP contribution >= 0.6 is 55.1 Å². The number of nitrogens with zero attached hydrogens (tertiary/aromatic N) is 9. The summed E-state index contributed by atoms with van der Waals surface area (Å²) in [4.78, 5) is 102. The van der Waals surface area contributed by atoms with E-state index in [1.54, 1.807) is 24.3 Å². The predicted octanol–water partition coefficient (Wildman–Crippen LogP) is 15.7. The van der Waals surface area contributed by atoms with E-state index in [2.05, 4.69) is 152 Å². The van der Waals surface area contributed by atoms with Gasteiger partial charge in [0, 0.05) is 204 Å². The highest BCUT2D eigenvalue weighted by molar-refractivity contribution is 9.10. The lowest BCUT2D eigenvalue weighted by molar-refractivity contribution is -0.00734. The molecule has 10 aromatic carbocycles. The molecular formula is C101H113Br2Cl2N11O12S. The van der Waals surface area contributed by atoms with Gasteiger partial charge in [-0.3, -0.25) is 47.8 Å². The summed E-state index contributed by atoms with van der Waals surface area (Å²) in [6.45, 7) is 21.1. The van der Waals surface area contributed by atoms with Crippen LogP contribution in [0.25, 0.3) is 0 Å². The summed E-state index contributed by atoms with van der Waals surface area (Å²) in [5, 5.41) is 15.0. The molecule has 0 spiro atoms. The number of benzene rings is 10. The molecule has 28 heteroatoms. The van der Waals surface area contributed by atoms with Crippen molar-refractivity contribution >= 4 is 106 Å². The van der Waals surface area contributed by atoms with Crippen LogP contribution in [0.2, 0.25) is 0 Å². The summed E-state index contributed by atoms with van der Waals surface area (Å²) in [6, 6.07) is 96.0. The van der Waals surface area contributed by atoms with Crippen molar-refractivity contribution in [2.75, 3.05) is 150 Å².